The fraction of sp³-hybridized carbons (Fsp3) is 0.769. The molecule has 1 fully saturated rings. The summed E-state index contributed by atoms with van der Waals surface area (Å²) < 4.78 is 5.20. The first-order chi connectivity index (χ1) is 8.25. The zero-order valence-corrected chi connectivity index (χ0v) is 10.9. The van der Waals surface area contributed by atoms with Crippen LogP contribution in [0.4, 0.5) is 0 Å². The summed E-state index contributed by atoms with van der Waals surface area (Å²) in [6.45, 7) is 8.83. The number of hydrogen-bond acceptors (Lipinski definition) is 4. The average molecular weight is 237 g/mol. The van der Waals surface area contributed by atoms with E-state index in [2.05, 4.69) is 29.2 Å². The summed E-state index contributed by atoms with van der Waals surface area (Å²) in [6, 6.07) is 2.50. The molecule has 17 heavy (non-hydrogen) atoms. The molecule has 1 N–H and O–H groups in total. The van der Waals surface area contributed by atoms with Crippen LogP contribution in [0, 0.1) is 5.92 Å². The molecule has 1 aliphatic heterocycles. The lowest BCUT2D eigenvalue weighted by atomic mass is 9.98. The molecule has 1 aromatic rings. The van der Waals surface area contributed by atoms with Crippen molar-refractivity contribution in [3.63, 3.8) is 0 Å². The molecule has 96 valence electrons. The summed E-state index contributed by atoms with van der Waals surface area (Å²) >= 11 is 0. The van der Waals surface area contributed by atoms with Gasteiger partial charge in [0.2, 0.25) is 0 Å². The third-order valence-corrected chi connectivity index (χ3v) is 3.47. The summed E-state index contributed by atoms with van der Waals surface area (Å²) in [7, 11) is 0. The van der Waals surface area contributed by atoms with Crippen molar-refractivity contribution in [1.29, 1.82) is 0 Å². The molecule has 0 aliphatic carbocycles. The molecule has 0 radical (unpaired) electrons. The number of rotatable bonds is 5. The minimum atomic E-state index is 0.544. The summed E-state index contributed by atoms with van der Waals surface area (Å²) in [6.07, 6.45) is 4.36. The van der Waals surface area contributed by atoms with Gasteiger partial charge in [0.15, 0.2) is 5.76 Å². The van der Waals surface area contributed by atoms with E-state index in [4.69, 9.17) is 4.52 Å². The second kappa shape index (κ2) is 6.17. The maximum Gasteiger partial charge on any atom is 0.150 e. The molecule has 1 atom stereocenters. The quantitative estimate of drug-likeness (QED) is 0.849. The van der Waals surface area contributed by atoms with E-state index in [0.717, 1.165) is 31.3 Å². The Morgan fingerprint density at radius 2 is 2.47 bits per heavy atom. The predicted octanol–water partition coefficient (Wildman–Crippen LogP) is 1.88. The van der Waals surface area contributed by atoms with Crippen molar-refractivity contribution in [2.75, 3.05) is 19.6 Å². The molecular weight excluding hydrogens is 214 g/mol. The Morgan fingerprint density at radius 1 is 1.59 bits per heavy atom. The predicted molar refractivity (Wildman–Crippen MR) is 67.6 cm³/mol. The largest absolute Gasteiger partial charge is 0.360 e. The molecule has 4 heteroatoms. The first kappa shape index (κ1) is 12.6. The molecule has 0 bridgehead atoms. The highest BCUT2D eigenvalue weighted by atomic mass is 16.5. The SMILES string of the molecule is CC(C)N(Cc1ccno1)CC1CCCNC1. The van der Waals surface area contributed by atoms with E-state index >= 15 is 0 Å². The van der Waals surface area contributed by atoms with Crippen LogP contribution in [-0.2, 0) is 6.54 Å². The van der Waals surface area contributed by atoms with E-state index in [0.29, 0.717) is 6.04 Å². The molecule has 4 nitrogen and oxygen atoms in total. The molecule has 1 unspecified atom stereocenters. The van der Waals surface area contributed by atoms with Crippen LogP contribution in [0.25, 0.3) is 0 Å². The Morgan fingerprint density at radius 3 is 3.06 bits per heavy atom. The van der Waals surface area contributed by atoms with E-state index in [9.17, 15) is 0 Å². The van der Waals surface area contributed by atoms with Crippen molar-refractivity contribution >= 4 is 0 Å². The molecular formula is C13H23N3O. The van der Waals surface area contributed by atoms with Crippen molar-refractivity contribution in [2.45, 2.75) is 39.3 Å². The second-order valence-electron chi connectivity index (χ2n) is 5.21. The van der Waals surface area contributed by atoms with Gasteiger partial charge in [-0.05, 0) is 45.7 Å². The number of aromatic nitrogens is 1. The lowest BCUT2D eigenvalue weighted by molar-refractivity contribution is 0.148. The molecule has 0 saturated carbocycles. The van der Waals surface area contributed by atoms with Gasteiger partial charge >= 0.3 is 0 Å². The van der Waals surface area contributed by atoms with E-state index in [1.165, 1.54) is 19.4 Å². The molecule has 0 spiro atoms. The number of piperidine rings is 1. The van der Waals surface area contributed by atoms with Gasteiger partial charge in [-0.2, -0.15) is 0 Å². The summed E-state index contributed by atoms with van der Waals surface area (Å²) in [5.74, 6) is 1.73. The average Bonchev–Trinajstić information content (AvgIpc) is 2.82. The summed E-state index contributed by atoms with van der Waals surface area (Å²) in [5.41, 5.74) is 0. The van der Waals surface area contributed by atoms with Crippen molar-refractivity contribution in [3.05, 3.63) is 18.0 Å². The summed E-state index contributed by atoms with van der Waals surface area (Å²) in [5, 5.41) is 7.24. The molecule has 1 saturated heterocycles. The first-order valence-electron chi connectivity index (χ1n) is 6.60. The highest BCUT2D eigenvalue weighted by Gasteiger charge is 2.19. The van der Waals surface area contributed by atoms with E-state index in [1.807, 2.05) is 6.07 Å². The van der Waals surface area contributed by atoms with Gasteiger partial charge in [-0.25, -0.2) is 0 Å². The van der Waals surface area contributed by atoms with Gasteiger partial charge in [-0.15, -0.1) is 0 Å². The van der Waals surface area contributed by atoms with E-state index in [1.54, 1.807) is 6.20 Å². The Kier molecular flexibility index (Phi) is 4.57. The molecule has 1 aliphatic rings. The molecule has 1 aromatic heterocycles. The third-order valence-electron chi connectivity index (χ3n) is 3.47. The van der Waals surface area contributed by atoms with Crippen LogP contribution in [-0.4, -0.2) is 35.7 Å². The second-order valence-corrected chi connectivity index (χ2v) is 5.21. The highest BCUT2D eigenvalue weighted by Crippen LogP contribution is 2.15. The molecule has 2 rings (SSSR count). The number of nitrogens with zero attached hydrogens (tertiary/aromatic N) is 2. The van der Waals surface area contributed by atoms with Gasteiger partial charge in [0, 0.05) is 18.7 Å². The van der Waals surface area contributed by atoms with Gasteiger partial charge in [-0.3, -0.25) is 4.90 Å². The maximum absolute atomic E-state index is 5.20. The zero-order valence-electron chi connectivity index (χ0n) is 10.9. The Hall–Kier alpha value is -0.870. The van der Waals surface area contributed by atoms with Crippen molar-refractivity contribution < 1.29 is 4.52 Å². The van der Waals surface area contributed by atoms with Crippen LogP contribution < -0.4 is 5.32 Å². The van der Waals surface area contributed by atoms with Crippen molar-refractivity contribution in [1.82, 2.24) is 15.4 Å². The number of hydrogen-bond donors (Lipinski definition) is 1. The van der Waals surface area contributed by atoms with Crippen LogP contribution in [0.15, 0.2) is 16.8 Å². The fourth-order valence-electron chi connectivity index (χ4n) is 2.39. The van der Waals surface area contributed by atoms with Crippen LogP contribution in [0.3, 0.4) is 0 Å². The van der Waals surface area contributed by atoms with Crippen LogP contribution in [0.2, 0.25) is 0 Å². The van der Waals surface area contributed by atoms with Crippen LogP contribution in [0.5, 0.6) is 0 Å². The van der Waals surface area contributed by atoms with Crippen molar-refractivity contribution in [2.24, 2.45) is 5.92 Å². The van der Waals surface area contributed by atoms with Gasteiger partial charge in [0.05, 0.1) is 12.7 Å². The van der Waals surface area contributed by atoms with Crippen LogP contribution >= 0.6 is 0 Å². The lowest BCUT2D eigenvalue weighted by Crippen LogP contribution is -2.40. The van der Waals surface area contributed by atoms with Crippen LogP contribution in [0.1, 0.15) is 32.4 Å². The standard InChI is InChI=1S/C13H23N3O/c1-11(2)16(10-13-5-7-15-17-13)9-12-4-3-6-14-8-12/h5,7,11-12,14H,3-4,6,8-10H2,1-2H3. The topological polar surface area (TPSA) is 41.3 Å². The zero-order chi connectivity index (χ0) is 12.1. The van der Waals surface area contributed by atoms with E-state index < -0.39 is 0 Å². The lowest BCUT2D eigenvalue weighted by Gasteiger charge is -2.32. The van der Waals surface area contributed by atoms with Gasteiger partial charge < -0.3 is 9.84 Å². The van der Waals surface area contributed by atoms with E-state index in [-0.39, 0.29) is 0 Å². The maximum atomic E-state index is 5.20. The fourth-order valence-corrected chi connectivity index (χ4v) is 2.39. The van der Waals surface area contributed by atoms with Gasteiger partial charge in [-0.1, -0.05) is 5.16 Å². The molecule has 0 amide bonds. The van der Waals surface area contributed by atoms with Gasteiger partial charge in [0.1, 0.15) is 0 Å². The molecule has 0 aromatic carbocycles. The highest BCUT2D eigenvalue weighted by molar-refractivity contribution is 4.93. The Labute approximate surface area is 103 Å². The molecule has 2 heterocycles. The summed E-state index contributed by atoms with van der Waals surface area (Å²) in [4.78, 5) is 2.47. The van der Waals surface area contributed by atoms with Gasteiger partial charge in [0.25, 0.3) is 0 Å². The monoisotopic (exact) mass is 237 g/mol. The third kappa shape index (κ3) is 3.82. The Balaban J connectivity index is 1.87. The smallest absolute Gasteiger partial charge is 0.150 e. The normalized spacial score (nSPS) is 21.3. The minimum absolute atomic E-state index is 0.544. The van der Waals surface area contributed by atoms with Crippen molar-refractivity contribution in [3.8, 4) is 0 Å². The number of nitrogens with one attached hydrogen (secondary N) is 1. The first-order valence-corrected chi connectivity index (χ1v) is 6.60. The minimum Gasteiger partial charge on any atom is -0.360 e. The Bertz CT molecular complexity index is 304.